The molecule has 1 aliphatic carbocycles. The lowest BCUT2D eigenvalue weighted by atomic mass is 10.1. The Labute approximate surface area is 166 Å². The fourth-order valence-corrected chi connectivity index (χ4v) is 3.24. The lowest BCUT2D eigenvalue weighted by molar-refractivity contribution is 0.0950. The van der Waals surface area contributed by atoms with Crippen LogP contribution in [0, 0.1) is 0 Å². The number of nitrogens with one attached hydrogen (secondary N) is 1. The van der Waals surface area contributed by atoms with Crippen molar-refractivity contribution in [3.8, 4) is 11.5 Å². The van der Waals surface area contributed by atoms with Crippen LogP contribution < -0.4 is 20.5 Å². The number of methoxy groups -OCH3 is 1. The fourth-order valence-electron chi connectivity index (χ4n) is 3.24. The molecular formula is C21H27ClN2O3. The predicted molar refractivity (Wildman–Crippen MR) is 109 cm³/mol. The van der Waals surface area contributed by atoms with Crippen molar-refractivity contribution in [2.75, 3.05) is 7.11 Å². The molecule has 1 fully saturated rings. The highest BCUT2D eigenvalue weighted by atomic mass is 35.5. The molecule has 3 rings (SSSR count). The molecule has 0 aliphatic heterocycles. The van der Waals surface area contributed by atoms with Crippen LogP contribution in [0.25, 0.3) is 0 Å². The Morgan fingerprint density at radius 1 is 1.15 bits per heavy atom. The second-order valence-corrected chi connectivity index (χ2v) is 6.56. The van der Waals surface area contributed by atoms with Gasteiger partial charge in [-0.3, -0.25) is 4.79 Å². The highest BCUT2D eigenvalue weighted by molar-refractivity contribution is 5.94. The van der Waals surface area contributed by atoms with E-state index >= 15 is 0 Å². The summed E-state index contributed by atoms with van der Waals surface area (Å²) in [4.78, 5) is 12.4. The molecule has 2 aromatic rings. The van der Waals surface area contributed by atoms with Crippen LogP contribution >= 0.6 is 12.4 Å². The van der Waals surface area contributed by atoms with Crippen molar-refractivity contribution in [1.82, 2.24) is 5.32 Å². The maximum atomic E-state index is 12.4. The lowest BCUT2D eigenvalue weighted by Crippen LogP contribution is -2.23. The maximum Gasteiger partial charge on any atom is 0.251 e. The van der Waals surface area contributed by atoms with Crippen LogP contribution in [0.2, 0.25) is 0 Å². The Hall–Kier alpha value is -2.24. The van der Waals surface area contributed by atoms with Gasteiger partial charge in [0.15, 0.2) is 11.5 Å². The summed E-state index contributed by atoms with van der Waals surface area (Å²) in [6.07, 6.45) is 4.76. The van der Waals surface area contributed by atoms with E-state index in [2.05, 4.69) is 5.32 Å². The summed E-state index contributed by atoms with van der Waals surface area (Å²) in [5, 5.41) is 2.96. The zero-order valence-electron chi connectivity index (χ0n) is 15.6. The zero-order chi connectivity index (χ0) is 18.4. The summed E-state index contributed by atoms with van der Waals surface area (Å²) in [6, 6.07) is 13.1. The zero-order valence-corrected chi connectivity index (χ0v) is 16.4. The third-order valence-corrected chi connectivity index (χ3v) is 4.76. The maximum absolute atomic E-state index is 12.4. The number of rotatable bonds is 7. The Balaban J connectivity index is 0.00000261. The lowest BCUT2D eigenvalue weighted by Gasteiger charge is -2.19. The largest absolute Gasteiger partial charge is 0.493 e. The van der Waals surface area contributed by atoms with Crippen molar-refractivity contribution in [2.24, 2.45) is 5.73 Å². The molecule has 0 atom stereocenters. The average molecular weight is 391 g/mol. The van der Waals surface area contributed by atoms with Crippen molar-refractivity contribution in [2.45, 2.75) is 44.9 Å². The van der Waals surface area contributed by atoms with E-state index < -0.39 is 0 Å². The number of ether oxygens (including phenoxy) is 2. The van der Waals surface area contributed by atoms with Gasteiger partial charge >= 0.3 is 0 Å². The van der Waals surface area contributed by atoms with Gasteiger partial charge < -0.3 is 20.5 Å². The quantitative estimate of drug-likeness (QED) is 0.753. The Morgan fingerprint density at radius 3 is 2.48 bits per heavy atom. The van der Waals surface area contributed by atoms with Gasteiger partial charge in [-0.25, -0.2) is 0 Å². The Morgan fingerprint density at radius 2 is 1.85 bits per heavy atom. The van der Waals surface area contributed by atoms with E-state index in [1.807, 2.05) is 30.3 Å². The summed E-state index contributed by atoms with van der Waals surface area (Å²) in [7, 11) is 1.64. The molecule has 27 heavy (non-hydrogen) atoms. The second-order valence-electron chi connectivity index (χ2n) is 6.56. The number of benzene rings is 2. The van der Waals surface area contributed by atoms with Gasteiger partial charge in [0.25, 0.3) is 5.91 Å². The SMILES string of the molecule is COc1cccc(CNC(=O)c2ccc(CN)cc2)c1OC1CCCC1.Cl. The first-order valence-corrected chi connectivity index (χ1v) is 9.11. The van der Waals surface area contributed by atoms with E-state index in [9.17, 15) is 4.79 Å². The fraction of sp³-hybridized carbons (Fsp3) is 0.381. The van der Waals surface area contributed by atoms with Crippen molar-refractivity contribution >= 4 is 18.3 Å². The molecule has 0 heterocycles. The van der Waals surface area contributed by atoms with Crippen LogP contribution in [-0.2, 0) is 13.1 Å². The standard InChI is InChI=1S/C21H26N2O3.ClH/c1-25-19-8-4-5-17(20(19)26-18-6-2-3-7-18)14-23-21(24)16-11-9-15(13-22)10-12-16;/h4-5,8-12,18H,2-3,6-7,13-14,22H2,1H3,(H,23,24);1H. The molecule has 1 saturated carbocycles. The first kappa shape index (κ1) is 21.1. The molecule has 5 nitrogen and oxygen atoms in total. The summed E-state index contributed by atoms with van der Waals surface area (Å²) in [5.41, 5.74) is 8.13. The molecular weight excluding hydrogens is 364 g/mol. The van der Waals surface area contributed by atoms with Crippen molar-refractivity contribution < 1.29 is 14.3 Å². The molecule has 0 aromatic heterocycles. The van der Waals surface area contributed by atoms with Gasteiger partial charge in [0.2, 0.25) is 0 Å². The molecule has 0 spiro atoms. The van der Waals surface area contributed by atoms with E-state index in [0.29, 0.717) is 24.4 Å². The molecule has 0 saturated heterocycles. The van der Waals surface area contributed by atoms with E-state index in [4.69, 9.17) is 15.2 Å². The van der Waals surface area contributed by atoms with Crippen LogP contribution in [0.4, 0.5) is 0 Å². The smallest absolute Gasteiger partial charge is 0.251 e. The van der Waals surface area contributed by atoms with Crippen molar-refractivity contribution in [3.63, 3.8) is 0 Å². The summed E-state index contributed by atoms with van der Waals surface area (Å²) >= 11 is 0. The highest BCUT2D eigenvalue weighted by Gasteiger charge is 2.20. The molecule has 0 unspecified atom stereocenters. The number of halogens is 1. The third-order valence-electron chi connectivity index (χ3n) is 4.76. The third kappa shape index (κ3) is 5.37. The topological polar surface area (TPSA) is 73.6 Å². The Kier molecular flexibility index (Phi) is 7.95. The predicted octanol–water partition coefficient (Wildman–Crippen LogP) is 3.83. The van der Waals surface area contributed by atoms with Crippen LogP contribution in [0.1, 0.15) is 47.2 Å². The number of carbonyl (C=O) groups excluding carboxylic acids is 1. The van der Waals surface area contributed by atoms with Gasteiger partial charge in [-0.05, 0) is 49.4 Å². The van der Waals surface area contributed by atoms with Gasteiger partial charge in [-0.2, -0.15) is 0 Å². The van der Waals surface area contributed by atoms with Crippen LogP contribution in [-0.4, -0.2) is 19.1 Å². The molecule has 3 N–H and O–H groups in total. The van der Waals surface area contributed by atoms with E-state index in [0.717, 1.165) is 29.7 Å². The normalized spacial score (nSPS) is 13.7. The van der Waals surface area contributed by atoms with Gasteiger partial charge in [0.1, 0.15) is 0 Å². The number of hydrogen-bond donors (Lipinski definition) is 2. The van der Waals surface area contributed by atoms with Crippen LogP contribution in [0.15, 0.2) is 42.5 Å². The number of para-hydroxylation sites is 1. The molecule has 0 bridgehead atoms. The first-order valence-electron chi connectivity index (χ1n) is 9.11. The van der Waals surface area contributed by atoms with E-state index in [1.54, 1.807) is 19.2 Å². The molecule has 1 aliphatic rings. The molecule has 146 valence electrons. The van der Waals surface area contributed by atoms with Gasteiger partial charge in [0.05, 0.1) is 13.2 Å². The van der Waals surface area contributed by atoms with Gasteiger partial charge in [-0.15, -0.1) is 12.4 Å². The average Bonchev–Trinajstić information content (AvgIpc) is 3.20. The first-order chi connectivity index (χ1) is 12.7. The van der Waals surface area contributed by atoms with Gasteiger partial charge in [-0.1, -0.05) is 24.3 Å². The number of carbonyl (C=O) groups is 1. The molecule has 0 radical (unpaired) electrons. The minimum Gasteiger partial charge on any atom is -0.493 e. The molecule has 2 aromatic carbocycles. The monoisotopic (exact) mass is 390 g/mol. The van der Waals surface area contributed by atoms with Crippen molar-refractivity contribution in [1.29, 1.82) is 0 Å². The molecule has 1 amide bonds. The minimum atomic E-state index is -0.122. The highest BCUT2D eigenvalue weighted by Crippen LogP contribution is 2.34. The van der Waals surface area contributed by atoms with E-state index in [-0.39, 0.29) is 24.4 Å². The molecule has 6 heteroatoms. The summed E-state index contributed by atoms with van der Waals surface area (Å²) in [6.45, 7) is 0.851. The summed E-state index contributed by atoms with van der Waals surface area (Å²) < 4.78 is 11.7. The van der Waals surface area contributed by atoms with Crippen LogP contribution in [0.5, 0.6) is 11.5 Å². The minimum absolute atomic E-state index is 0. The number of amides is 1. The van der Waals surface area contributed by atoms with Gasteiger partial charge in [0, 0.05) is 24.2 Å². The van der Waals surface area contributed by atoms with Crippen LogP contribution in [0.3, 0.4) is 0 Å². The number of hydrogen-bond acceptors (Lipinski definition) is 4. The van der Waals surface area contributed by atoms with Crippen molar-refractivity contribution in [3.05, 3.63) is 59.2 Å². The summed E-state index contributed by atoms with van der Waals surface area (Å²) in [5.74, 6) is 1.32. The Bertz CT molecular complexity index is 744. The number of nitrogens with two attached hydrogens (primary N) is 1. The van der Waals surface area contributed by atoms with E-state index in [1.165, 1.54) is 12.8 Å². The second kappa shape index (κ2) is 10.2.